The molecule has 0 atom stereocenters. The van der Waals surface area contributed by atoms with Crippen LogP contribution in [0.15, 0.2) is 12.1 Å². The van der Waals surface area contributed by atoms with Gasteiger partial charge in [-0.2, -0.15) is 0 Å². The minimum absolute atomic E-state index is 0.602. The van der Waals surface area contributed by atoms with E-state index in [9.17, 15) is 0 Å². The van der Waals surface area contributed by atoms with Gasteiger partial charge >= 0.3 is 0 Å². The lowest BCUT2D eigenvalue weighted by molar-refractivity contribution is 0.386. The maximum atomic E-state index is 5.42. The van der Waals surface area contributed by atoms with Crippen LogP contribution in [0.5, 0.6) is 11.5 Å². The topological polar surface area (TPSA) is 69.2 Å². The second kappa shape index (κ2) is 5.63. The zero-order valence-corrected chi connectivity index (χ0v) is 11.2. The van der Waals surface area contributed by atoms with E-state index in [1.54, 1.807) is 14.2 Å². The first-order valence-corrected chi connectivity index (χ1v) is 6.13. The first-order chi connectivity index (χ1) is 8.76. The van der Waals surface area contributed by atoms with Crippen molar-refractivity contribution in [3.05, 3.63) is 23.3 Å². The summed E-state index contributed by atoms with van der Waals surface area (Å²) < 4.78 is 14.4. The Labute approximate surface area is 109 Å². The summed E-state index contributed by atoms with van der Waals surface area (Å²) in [5.74, 6) is 1.63. The molecule has 1 heterocycles. The fraction of sp³-hybridized carbons (Fsp3) is 0.364. The van der Waals surface area contributed by atoms with E-state index in [0.29, 0.717) is 11.7 Å². The minimum Gasteiger partial charge on any atom is -0.496 e. The van der Waals surface area contributed by atoms with Crippen molar-refractivity contribution in [2.45, 2.75) is 13.5 Å². The summed E-state index contributed by atoms with van der Waals surface area (Å²) in [7, 11) is 3.30. The van der Waals surface area contributed by atoms with Gasteiger partial charge in [-0.25, -0.2) is 0 Å². The summed E-state index contributed by atoms with van der Waals surface area (Å²) in [6, 6.07) is 3.89. The van der Waals surface area contributed by atoms with Gasteiger partial charge in [-0.15, -0.1) is 0 Å². The summed E-state index contributed by atoms with van der Waals surface area (Å²) in [6.45, 7) is 2.57. The van der Waals surface area contributed by atoms with Gasteiger partial charge < -0.3 is 14.8 Å². The Morgan fingerprint density at radius 3 is 2.72 bits per heavy atom. The van der Waals surface area contributed by atoms with Crippen molar-refractivity contribution in [2.75, 3.05) is 19.5 Å². The molecule has 0 amide bonds. The van der Waals surface area contributed by atoms with Crippen molar-refractivity contribution < 1.29 is 9.47 Å². The molecule has 96 valence electrons. The Morgan fingerprint density at radius 1 is 1.28 bits per heavy atom. The third-order valence-corrected chi connectivity index (χ3v) is 3.14. The number of nitrogens with zero attached hydrogens (tertiary/aromatic N) is 3. The molecule has 0 radical (unpaired) electrons. The molecule has 1 N–H and O–H groups in total. The van der Waals surface area contributed by atoms with Gasteiger partial charge in [-0.1, -0.05) is 9.59 Å². The number of aromatic nitrogens is 3. The van der Waals surface area contributed by atoms with Crippen LogP contribution >= 0.6 is 11.5 Å². The van der Waals surface area contributed by atoms with E-state index in [1.165, 1.54) is 11.5 Å². The van der Waals surface area contributed by atoms with Crippen LogP contribution in [-0.2, 0) is 6.54 Å². The first kappa shape index (κ1) is 12.6. The van der Waals surface area contributed by atoms with Gasteiger partial charge in [0.15, 0.2) is 0 Å². The molecule has 0 fully saturated rings. The van der Waals surface area contributed by atoms with Crippen LogP contribution < -0.4 is 14.8 Å². The summed E-state index contributed by atoms with van der Waals surface area (Å²) in [5.41, 5.74) is 2.01. The fourth-order valence-electron chi connectivity index (χ4n) is 1.75. The van der Waals surface area contributed by atoms with Gasteiger partial charge in [0.05, 0.1) is 14.2 Å². The van der Waals surface area contributed by atoms with Gasteiger partial charge in [0.25, 0.3) is 0 Å². The Morgan fingerprint density at radius 2 is 2.11 bits per heavy atom. The predicted octanol–water partition coefficient (Wildman–Crippen LogP) is 1.87. The highest BCUT2D eigenvalue weighted by molar-refractivity contribution is 7.09. The number of rotatable bonds is 5. The molecule has 0 aliphatic heterocycles. The largest absolute Gasteiger partial charge is 0.496 e. The van der Waals surface area contributed by atoms with E-state index in [-0.39, 0.29) is 0 Å². The summed E-state index contributed by atoms with van der Waals surface area (Å²) in [6.07, 6.45) is 0. The lowest BCUT2D eigenvalue weighted by Crippen LogP contribution is -2.03. The third kappa shape index (κ3) is 2.51. The van der Waals surface area contributed by atoms with Crippen LogP contribution in [0.2, 0.25) is 0 Å². The van der Waals surface area contributed by atoms with Crippen LogP contribution in [-0.4, -0.2) is 29.0 Å². The van der Waals surface area contributed by atoms with Crippen molar-refractivity contribution >= 4 is 16.7 Å². The number of methoxy groups -OCH3 is 2. The molecule has 0 aliphatic rings. The number of hydrogen-bond acceptors (Lipinski definition) is 7. The third-order valence-electron chi connectivity index (χ3n) is 2.59. The Bertz CT molecular complexity index is 516. The van der Waals surface area contributed by atoms with Gasteiger partial charge in [0.2, 0.25) is 5.13 Å². The van der Waals surface area contributed by atoms with E-state index in [2.05, 4.69) is 20.1 Å². The molecule has 0 aliphatic carbocycles. The molecular weight excluding hydrogens is 252 g/mol. The van der Waals surface area contributed by atoms with E-state index < -0.39 is 0 Å². The maximum absolute atomic E-state index is 5.42. The average Bonchev–Trinajstić information content (AvgIpc) is 2.89. The summed E-state index contributed by atoms with van der Waals surface area (Å²) in [5, 5.41) is 11.2. The smallest absolute Gasteiger partial charge is 0.225 e. The maximum Gasteiger partial charge on any atom is 0.225 e. The summed E-state index contributed by atoms with van der Waals surface area (Å²) >= 11 is 1.22. The highest BCUT2D eigenvalue weighted by Gasteiger charge is 2.11. The second-order valence-electron chi connectivity index (χ2n) is 3.61. The van der Waals surface area contributed by atoms with Gasteiger partial charge in [-0.05, 0) is 24.3 Å². The standard InChI is InChI=1S/C11H14N4O2S/c1-7-9(16-2)5-4-8(10(7)17-3)6-12-11-13-14-15-18-11/h4-5H,6H2,1-3H3,(H,12,13,15). The normalized spacial score (nSPS) is 10.2. The van der Waals surface area contributed by atoms with Gasteiger partial charge in [0, 0.05) is 29.2 Å². The number of nitrogens with one attached hydrogen (secondary N) is 1. The van der Waals surface area contributed by atoms with Crippen molar-refractivity contribution in [1.29, 1.82) is 0 Å². The predicted molar refractivity (Wildman–Crippen MR) is 69.3 cm³/mol. The summed E-state index contributed by atoms with van der Waals surface area (Å²) in [4.78, 5) is 0. The SMILES string of the molecule is COc1ccc(CNc2nnns2)c(OC)c1C. The van der Waals surface area contributed by atoms with E-state index in [1.807, 2.05) is 19.1 Å². The van der Waals surface area contributed by atoms with Crippen molar-refractivity contribution in [2.24, 2.45) is 0 Å². The highest BCUT2D eigenvalue weighted by atomic mass is 32.1. The quantitative estimate of drug-likeness (QED) is 0.891. The van der Waals surface area contributed by atoms with Crippen LogP contribution in [0, 0.1) is 6.92 Å². The van der Waals surface area contributed by atoms with Gasteiger partial charge in [0.1, 0.15) is 11.5 Å². The Kier molecular flexibility index (Phi) is 3.93. The molecule has 0 spiro atoms. The zero-order valence-electron chi connectivity index (χ0n) is 10.4. The lowest BCUT2D eigenvalue weighted by Gasteiger charge is -2.14. The van der Waals surface area contributed by atoms with Crippen LogP contribution in [0.4, 0.5) is 5.13 Å². The highest BCUT2D eigenvalue weighted by Crippen LogP contribution is 2.31. The molecule has 0 saturated carbocycles. The zero-order chi connectivity index (χ0) is 13.0. The Hall–Kier alpha value is -1.89. The van der Waals surface area contributed by atoms with Crippen LogP contribution in [0.3, 0.4) is 0 Å². The number of anilines is 1. The number of ether oxygens (including phenoxy) is 2. The van der Waals surface area contributed by atoms with Crippen molar-refractivity contribution in [3.63, 3.8) is 0 Å². The number of hydrogen-bond donors (Lipinski definition) is 1. The molecule has 0 saturated heterocycles. The lowest BCUT2D eigenvalue weighted by atomic mass is 10.1. The van der Waals surface area contributed by atoms with E-state index in [0.717, 1.165) is 22.6 Å². The number of benzene rings is 1. The first-order valence-electron chi connectivity index (χ1n) is 5.35. The molecule has 2 aromatic rings. The molecule has 7 heteroatoms. The second-order valence-corrected chi connectivity index (χ2v) is 4.34. The Balaban J connectivity index is 2.19. The molecular formula is C11H14N4O2S. The minimum atomic E-state index is 0.602. The molecule has 2 rings (SSSR count). The van der Waals surface area contributed by atoms with Crippen molar-refractivity contribution in [3.8, 4) is 11.5 Å². The molecule has 1 aromatic carbocycles. The van der Waals surface area contributed by atoms with E-state index in [4.69, 9.17) is 9.47 Å². The average molecular weight is 266 g/mol. The fourth-order valence-corrected chi connectivity index (χ4v) is 2.11. The molecule has 0 bridgehead atoms. The monoisotopic (exact) mass is 266 g/mol. The molecule has 0 unspecified atom stereocenters. The molecule has 18 heavy (non-hydrogen) atoms. The molecule has 6 nitrogen and oxygen atoms in total. The van der Waals surface area contributed by atoms with E-state index >= 15 is 0 Å². The van der Waals surface area contributed by atoms with Gasteiger partial charge in [-0.3, -0.25) is 0 Å². The molecule has 1 aromatic heterocycles. The van der Waals surface area contributed by atoms with Crippen LogP contribution in [0.25, 0.3) is 0 Å². The van der Waals surface area contributed by atoms with Crippen LogP contribution in [0.1, 0.15) is 11.1 Å². The van der Waals surface area contributed by atoms with Crippen molar-refractivity contribution in [1.82, 2.24) is 14.8 Å².